The van der Waals surface area contributed by atoms with E-state index in [0.29, 0.717) is 13.1 Å². The highest BCUT2D eigenvalue weighted by Gasteiger charge is 2.22. The van der Waals surface area contributed by atoms with Gasteiger partial charge in [0, 0.05) is 19.1 Å². The van der Waals surface area contributed by atoms with E-state index < -0.39 is 22.2 Å². The van der Waals surface area contributed by atoms with Gasteiger partial charge < -0.3 is 10.2 Å². The fourth-order valence-electron chi connectivity index (χ4n) is 3.84. The van der Waals surface area contributed by atoms with E-state index in [0.717, 1.165) is 29.5 Å². The number of nitrogens with two attached hydrogens (primary N) is 1. The van der Waals surface area contributed by atoms with Gasteiger partial charge in [-0.25, -0.2) is 13.6 Å². The molecule has 0 heterocycles. The summed E-state index contributed by atoms with van der Waals surface area (Å²) in [5.74, 6) is 0. The quantitative estimate of drug-likeness (QED) is 0.400. The first-order chi connectivity index (χ1) is 15.7. The number of aliphatic hydroxyl groups excluding tert-OH is 2. The predicted octanol–water partition coefficient (Wildman–Crippen LogP) is 3.42. The first kappa shape index (κ1) is 25.1. The average Bonchev–Trinajstić information content (AvgIpc) is 2.82. The van der Waals surface area contributed by atoms with Gasteiger partial charge in [0.1, 0.15) is 0 Å². The van der Waals surface area contributed by atoms with Crippen LogP contribution in [0.2, 0.25) is 0 Å². The maximum atomic E-state index is 11.5. The van der Waals surface area contributed by atoms with Crippen LogP contribution in [-0.2, 0) is 16.4 Å². The van der Waals surface area contributed by atoms with Crippen molar-refractivity contribution in [1.82, 2.24) is 4.90 Å². The van der Waals surface area contributed by atoms with Crippen LogP contribution >= 0.6 is 0 Å². The van der Waals surface area contributed by atoms with Crippen LogP contribution < -0.4 is 5.14 Å². The zero-order chi connectivity index (χ0) is 23.8. The van der Waals surface area contributed by atoms with Crippen LogP contribution in [-0.4, -0.2) is 42.7 Å². The van der Waals surface area contributed by atoms with Crippen molar-refractivity contribution in [3.63, 3.8) is 0 Å². The van der Waals surface area contributed by atoms with Crippen molar-refractivity contribution in [2.45, 2.75) is 42.9 Å². The minimum atomic E-state index is -3.71. The molecule has 0 saturated heterocycles. The molecule has 33 heavy (non-hydrogen) atoms. The molecule has 3 atom stereocenters. The summed E-state index contributed by atoms with van der Waals surface area (Å²) < 4.78 is 22.9. The molecule has 0 saturated carbocycles. The third kappa shape index (κ3) is 7.48. The maximum Gasteiger partial charge on any atom is 0.238 e. The molecule has 0 spiro atoms. The Bertz CT molecular complexity index is 1040. The van der Waals surface area contributed by atoms with Gasteiger partial charge >= 0.3 is 0 Å². The smallest absolute Gasteiger partial charge is 0.238 e. The molecule has 0 aliphatic carbocycles. The Balaban J connectivity index is 1.70. The lowest BCUT2D eigenvalue weighted by Gasteiger charge is -2.33. The first-order valence-electron chi connectivity index (χ1n) is 11.1. The summed E-state index contributed by atoms with van der Waals surface area (Å²) >= 11 is 0. The van der Waals surface area contributed by atoms with Crippen LogP contribution in [0.3, 0.4) is 0 Å². The Hall–Kier alpha value is -2.55. The number of benzene rings is 3. The molecule has 0 aliphatic heterocycles. The number of primary sulfonamides is 1. The van der Waals surface area contributed by atoms with E-state index in [1.54, 1.807) is 12.1 Å². The second-order valence-corrected chi connectivity index (χ2v) is 9.94. The van der Waals surface area contributed by atoms with E-state index >= 15 is 0 Å². The number of hydrogen-bond donors (Lipinski definition) is 3. The van der Waals surface area contributed by atoms with Gasteiger partial charge in [0.15, 0.2) is 0 Å². The molecule has 0 amide bonds. The number of aryl methyl sites for hydroxylation is 1. The van der Waals surface area contributed by atoms with Gasteiger partial charge in [0.25, 0.3) is 0 Å². The molecule has 6 nitrogen and oxygen atoms in total. The fraction of sp³-hybridized carbons (Fsp3) is 0.308. The van der Waals surface area contributed by atoms with E-state index in [9.17, 15) is 18.6 Å². The highest BCUT2D eigenvalue weighted by molar-refractivity contribution is 7.89. The zero-order valence-electron chi connectivity index (χ0n) is 18.8. The molecule has 0 aromatic heterocycles. The van der Waals surface area contributed by atoms with E-state index in [4.69, 9.17) is 5.14 Å². The highest BCUT2D eigenvalue weighted by Crippen LogP contribution is 2.22. The van der Waals surface area contributed by atoms with Gasteiger partial charge in [0.2, 0.25) is 10.0 Å². The van der Waals surface area contributed by atoms with E-state index in [1.807, 2.05) is 60.7 Å². The first-order valence-corrected chi connectivity index (χ1v) is 12.6. The van der Waals surface area contributed by atoms with Crippen LogP contribution in [0.25, 0.3) is 0 Å². The van der Waals surface area contributed by atoms with Crippen LogP contribution in [0.4, 0.5) is 0 Å². The number of nitrogens with zero attached hydrogens (tertiary/aromatic N) is 1. The summed E-state index contributed by atoms with van der Waals surface area (Å²) in [6.07, 6.45) is 0.153. The summed E-state index contributed by atoms with van der Waals surface area (Å²) in [6, 6.07) is 25.7. The van der Waals surface area contributed by atoms with Gasteiger partial charge in [-0.2, -0.15) is 0 Å². The lowest BCUT2D eigenvalue weighted by molar-refractivity contribution is 0.0460. The molecular formula is C26H32N2O4S. The van der Waals surface area contributed by atoms with Crippen molar-refractivity contribution >= 4 is 10.0 Å². The Kier molecular flexibility index (Phi) is 8.77. The van der Waals surface area contributed by atoms with Crippen molar-refractivity contribution in [3.05, 3.63) is 102 Å². The fourth-order valence-corrected chi connectivity index (χ4v) is 4.36. The molecule has 0 radical (unpaired) electrons. The second-order valence-electron chi connectivity index (χ2n) is 8.38. The molecule has 3 rings (SSSR count). The molecule has 0 fully saturated rings. The molecule has 0 aliphatic rings. The Morgan fingerprint density at radius 2 is 1.24 bits per heavy atom. The van der Waals surface area contributed by atoms with Crippen molar-refractivity contribution in [3.8, 4) is 0 Å². The molecule has 7 heteroatoms. The van der Waals surface area contributed by atoms with Crippen molar-refractivity contribution < 1.29 is 18.6 Å². The number of sulfonamides is 1. The third-order valence-corrected chi connectivity index (χ3v) is 6.84. The van der Waals surface area contributed by atoms with Gasteiger partial charge in [-0.1, -0.05) is 72.8 Å². The number of aliphatic hydroxyl groups is 2. The minimum Gasteiger partial charge on any atom is -0.387 e. The van der Waals surface area contributed by atoms with Crippen molar-refractivity contribution in [1.29, 1.82) is 0 Å². The normalized spacial score (nSPS) is 14.7. The summed E-state index contributed by atoms with van der Waals surface area (Å²) in [4.78, 5) is 2.20. The molecule has 0 unspecified atom stereocenters. The van der Waals surface area contributed by atoms with Gasteiger partial charge in [-0.05, 0) is 48.6 Å². The van der Waals surface area contributed by atoms with Gasteiger partial charge in [-0.15, -0.1) is 0 Å². The largest absolute Gasteiger partial charge is 0.387 e. The maximum absolute atomic E-state index is 11.5. The SMILES string of the molecule is C[C@@H](CCc1ccc(S(N)(=O)=O)cc1)N(C[C@@H](O)c1ccccc1)C[C@@H](O)c1ccccc1. The van der Waals surface area contributed by atoms with E-state index in [1.165, 1.54) is 12.1 Å². The lowest BCUT2D eigenvalue weighted by atomic mass is 10.0. The molecule has 4 N–H and O–H groups in total. The molecular weight excluding hydrogens is 436 g/mol. The Morgan fingerprint density at radius 3 is 1.67 bits per heavy atom. The van der Waals surface area contributed by atoms with Crippen LogP contribution in [0.1, 0.15) is 42.2 Å². The van der Waals surface area contributed by atoms with Crippen LogP contribution in [0.15, 0.2) is 89.8 Å². The Morgan fingerprint density at radius 1 is 0.788 bits per heavy atom. The van der Waals surface area contributed by atoms with E-state index in [2.05, 4.69) is 11.8 Å². The van der Waals surface area contributed by atoms with E-state index in [-0.39, 0.29) is 10.9 Å². The lowest BCUT2D eigenvalue weighted by Crippen LogP contribution is -2.39. The zero-order valence-corrected chi connectivity index (χ0v) is 19.6. The van der Waals surface area contributed by atoms with Crippen LogP contribution in [0.5, 0.6) is 0 Å². The summed E-state index contributed by atoms with van der Waals surface area (Å²) in [6.45, 7) is 2.85. The highest BCUT2D eigenvalue weighted by atomic mass is 32.2. The number of rotatable bonds is 11. The molecule has 3 aromatic rings. The van der Waals surface area contributed by atoms with Crippen molar-refractivity contribution in [2.75, 3.05) is 13.1 Å². The van der Waals surface area contributed by atoms with Gasteiger partial charge in [0.05, 0.1) is 17.1 Å². The Labute approximate surface area is 196 Å². The number of hydrogen-bond acceptors (Lipinski definition) is 5. The second kappa shape index (κ2) is 11.5. The minimum absolute atomic E-state index is 0.0691. The van der Waals surface area contributed by atoms with Gasteiger partial charge in [-0.3, -0.25) is 4.90 Å². The topological polar surface area (TPSA) is 104 Å². The van der Waals surface area contributed by atoms with Crippen molar-refractivity contribution in [2.24, 2.45) is 5.14 Å². The molecule has 176 valence electrons. The predicted molar refractivity (Wildman–Crippen MR) is 130 cm³/mol. The summed E-state index contributed by atoms with van der Waals surface area (Å²) in [7, 11) is -3.71. The summed E-state index contributed by atoms with van der Waals surface area (Å²) in [5, 5.41) is 26.8. The van der Waals surface area contributed by atoms with Crippen LogP contribution in [0, 0.1) is 0 Å². The average molecular weight is 469 g/mol. The molecule has 0 bridgehead atoms. The molecule has 3 aromatic carbocycles. The standard InChI is InChI=1S/C26H32N2O4S/c1-20(12-13-21-14-16-24(17-15-21)33(27,31)32)28(18-25(29)22-8-4-2-5-9-22)19-26(30)23-10-6-3-7-11-23/h2-11,14-17,20,25-26,29-30H,12-13,18-19H2,1H3,(H2,27,31,32)/t20-,25+,26+/m0/s1. The third-order valence-electron chi connectivity index (χ3n) is 5.91. The summed E-state index contributed by atoms with van der Waals surface area (Å²) in [5.41, 5.74) is 2.67. The monoisotopic (exact) mass is 468 g/mol.